The maximum atomic E-state index is 0. The summed E-state index contributed by atoms with van der Waals surface area (Å²) in [4.78, 5) is 0. The Morgan fingerprint density at radius 3 is 1.00 bits per heavy atom. The first kappa shape index (κ1) is 41.7. The zero-order valence-corrected chi connectivity index (χ0v) is 8.43. The fourth-order valence-electron chi connectivity index (χ4n) is 0. The summed E-state index contributed by atoms with van der Waals surface area (Å²) in [6.45, 7) is 0. The van der Waals surface area contributed by atoms with Crippen LogP contribution in [-0.2, 0) is 58.9 Å². The first-order chi connectivity index (χ1) is 0. The molecule has 0 aliphatic heterocycles. The van der Waals surface area contributed by atoms with E-state index in [2.05, 4.69) is 0 Å². The number of rotatable bonds is 0. The van der Waals surface area contributed by atoms with Gasteiger partial charge in [0.1, 0.15) is 0 Å². The molecular formula is H2AgAlCuMgZn. The minimum Gasteiger partial charge on any atom is 0 e. The van der Waals surface area contributed by atoms with E-state index in [9.17, 15) is 0 Å². The Morgan fingerprint density at radius 1 is 1.00 bits per heavy atom. The van der Waals surface area contributed by atoms with Crippen LogP contribution >= 0.6 is 0 Å². The van der Waals surface area contributed by atoms with Crippen molar-refractivity contribution in [3.63, 3.8) is 0 Å². The van der Waals surface area contributed by atoms with Crippen LogP contribution in [-0.4, -0.2) is 40.4 Å². The van der Waals surface area contributed by atoms with Gasteiger partial charge in [-0.25, -0.2) is 0 Å². The van der Waals surface area contributed by atoms with Gasteiger partial charge in [-0.3, -0.25) is 0 Å². The molecule has 0 aliphatic rings. The van der Waals surface area contributed by atoms with E-state index in [-0.39, 0.29) is 99.3 Å². The summed E-state index contributed by atoms with van der Waals surface area (Å²) in [5, 5.41) is 0. The minimum absolute atomic E-state index is 0. The molecule has 0 aliphatic carbocycles. The summed E-state index contributed by atoms with van der Waals surface area (Å²) in [6.07, 6.45) is 0. The Kier molecular flexibility index (Phi) is 226. The Balaban J connectivity index is 0. The summed E-state index contributed by atoms with van der Waals surface area (Å²) < 4.78 is 0. The molecule has 0 aromatic rings. The Hall–Kier alpha value is 3.18. The molecule has 5 heavy (non-hydrogen) atoms. The van der Waals surface area contributed by atoms with Crippen molar-refractivity contribution in [3.8, 4) is 0 Å². The van der Waals surface area contributed by atoms with Gasteiger partial charge in [0, 0.05) is 76.3 Å². The first-order valence-corrected chi connectivity index (χ1v) is 0. The van der Waals surface area contributed by atoms with Crippen molar-refractivity contribution in [2.45, 2.75) is 0 Å². The van der Waals surface area contributed by atoms with Gasteiger partial charge in [0.05, 0.1) is 0 Å². The molecule has 0 saturated heterocycles. The fraction of sp³-hybridized carbons (Fsp3) is 0. The quantitative estimate of drug-likeness (QED) is 0.486. The van der Waals surface area contributed by atoms with Crippen molar-refractivity contribution >= 4 is 40.4 Å². The largest absolute Gasteiger partial charge is 0.316 e. The molecule has 0 aromatic heterocycles. The van der Waals surface area contributed by atoms with Crippen LogP contribution in [0.25, 0.3) is 0 Å². The van der Waals surface area contributed by atoms with E-state index in [1.54, 1.807) is 0 Å². The molecule has 31 valence electrons. The topological polar surface area (TPSA) is 0 Å². The smallest absolute Gasteiger partial charge is 0 e. The van der Waals surface area contributed by atoms with Gasteiger partial charge in [-0.15, -0.1) is 0 Å². The fourth-order valence-corrected chi connectivity index (χ4v) is 0. The third-order valence-corrected chi connectivity index (χ3v) is 0. The zero-order chi connectivity index (χ0) is 0. The molecule has 0 nitrogen and oxygen atoms in total. The molecule has 0 heterocycles. The molecule has 0 rings (SSSR count). The summed E-state index contributed by atoms with van der Waals surface area (Å²) in [6, 6.07) is 0. The molecule has 0 atom stereocenters. The normalized spacial score (nSPS) is 0. The van der Waals surface area contributed by atoms with Crippen molar-refractivity contribution in [1.29, 1.82) is 0 Å². The molecule has 0 amide bonds. The maximum absolute atomic E-state index is 0. The maximum Gasteiger partial charge on any atom is 0.316 e. The molecule has 5 radical (unpaired) electrons. The van der Waals surface area contributed by atoms with Crippen molar-refractivity contribution in [3.05, 3.63) is 0 Å². The van der Waals surface area contributed by atoms with Gasteiger partial charge in [-0.05, 0) is 0 Å². The second-order valence-corrected chi connectivity index (χ2v) is 0. The van der Waals surface area contributed by atoms with Gasteiger partial charge in [0.15, 0.2) is 0 Å². The van der Waals surface area contributed by atoms with E-state index in [1.807, 2.05) is 0 Å². The molecule has 0 bridgehead atoms. The third kappa shape index (κ3) is 19.0. The second-order valence-electron chi connectivity index (χ2n) is 0. The monoisotopic (exact) mass is 287 g/mol. The molecule has 0 saturated carbocycles. The molecule has 0 fully saturated rings. The van der Waals surface area contributed by atoms with E-state index in [1.165, 1.54) is 0 Å². The van der Waals surface area contributed by atoms with Crippen LogP contribution in [0.4, 0.5) is 0 Å². The van der Waals surface area contributed by atoms with Crippen LogP contribution in [0, 0.1) is 0 Å². The minimum atomic E-state index is 0. The predicted octanol–water partition coefficient (Wildman–Crippen LogP) is -1.30. The molecule has 0 unspecified atom stereocenters. The molecule has 5 heteroatoms. The first-order valence-electron chi connectivity index (χ1n) is 0. The van der Waals surface area contributed by atoms with E-state index in [4.69, 9.17) is 0 Å². The van der Waals surface area contributed by atoms with Crippen LogP contribution < -0.4 is 0 Å². The predicted molar refractivity (Wildman–Crippen MR) is 14.3 cm³/mol. The van der Waals surface area contributed by atoms with E-state index >= 15 is 0 Å². The zero-order valence-electron chi connectivity index (χ0n) is 1.89. The number of hydrogen-bond acceptors (Lipinski definition) is 0. The van der Waals surface area contributed by atoms with Crippen LogP contribution in [0.1, 0.15) is 0 Å². The average Bonchev–Trinajstić information content (AvgIpc) is 0. The summed E-state index contributed by atoms with van der Waals surface area (Å²) in [5.41, 5.74) is 0. The summed E-state index contributed by atoms with van der Waals surface area (Å²) in [5.74, 6) is 0. The van der Waals surface area contributed by atoms with Crippen LogP contribution in [0.2, 0.25) is 0 Å². The molecule has 0 spiro atoms. The molecular weight excluding hydrogens is 288 g/mol. The standard InChI is InChI=1S/Ag.Al.Cu.Mg.Zn.2H. The van der Waals surface area contributed by atoms with Gasteiger partial charge >= 0.3 is 23.1 Å². The van der Waals surface area contributed by atoms with Crippen molar-refractivity contribution < 1.29 is 58.9 Å². The second kappa shape index (κ2) is 27.1. The van der Waals surface area contributed by atoms with Crippen molar-refractivity contribution in [1.82, 2.24) is 0 Å². The van der Waals surface area contributed by atoms with Gasteiger partial charge in [0.25, 0.3) is 0 Å². The summed E-state index contributed by atoms with van der Waals surface area (Å²) >= 11 is 0. The van der Waals surface area contributed by atoms with Crippen LogP contribution in [0.15, 0.2) is 0 Å². The molecule has 0 aromatic carbocycles. The third-order valence-electron chi connectivity index (χ3n) is 0. The SMILES string of the molecule is [Ag].[Al].[Cu].[MgH2].[Zn]. The van der Waals surface area contributed by atoms with E-state index in [0.717, 1.165) is 0 Å². The van der Waals surface area contributed by atoms with Crippen LogP contribution in [0.3, 0.4) is 0 Å². The number of hydrogen-bond donors (Lipinski definition) is 0. The van der Waals surface area contributed by atoms with E-state index < -0.39 is 0 Å². The van der Waals surface area contributed by atoms with Gasteiger partial charge < -0.3 is 0 Å². The summed E-state index contributed by atoms with van der Waals surface area (Å²) in [7, 11) is 0. The van der Waals surface area contributed by atoms with Gasteiger partial charge in [-0.2, -0.15) is 0 Å². The Morgan fingerprint density at radius 2 is 1.00 bits per heavy atom. The van der Waals surface area contributed by atoms with Gasteiger partial charge in [0.2, 0.25) is 0 Å². The van der Waals surface area contributed by atoms with Crippen LogP contribution in [0.5, 0.6) is 0 Å². The Labute approximate surface area is 97.6 Å². The van der Waals surface area contributed by atoms with Crippen molar-refractivity contribution in [2.75, 3.05) is 0 Å². The average molecular weight is 290 g/mol. The molecule has 0 N–H and O–H groups in total. The Bertz CT molecular complexity index is 11.6. The van der Waals surface area contributed by atoms with Crippen molar-refractivity contribution in [2.24, 2.45) is 0 Å². The van der Waals surface area contributed by atoms with E-state index in [0.29, 0.717) is 0 Å². The van der Waals surface area contributed by atoms with Gasteiger partial charge in [-0.1, -0.05) is 0 Å².